The highest BCUT2D eigenvalue weighted by atomic mass is 16.7. The molecular weight excluding hydrogens is 334 g/mol. The summed E-state index contributed by atoms with van der Waals surface area (Å²) in [5, 5.41) is 9.70. The monoisotopic (exact) mass is 365 g/mol. The third kappa shape index (κ3) is 4.66. The van der Waals surface area contributed by atoms with E-state index in [1.54, 1.807) is 4.90 Å². The maximum atomic E-state index is 12.4. The lowest BCUT2D eigenvalue weighted by Gasteiger charge is -2.38. The molecule has 0 saturated carbocycles. The number of piperidine rings is 1. The fourth-order valence-corrected chi connectivity index (χ4v) is 3.82. The van der Waals surface area contributed by atoms with Gasteiger partial charge in [0.25, 0.3) is 5.91 Å². The number of hydrogen-bond acceptors (Lipinski definition) is 5. The lowest BCUT2D eigenvalue weighted by atomic mass is 9.87. The van der Waals surface area contributed by atoms with Gasteiger partial charge in [0.05, 0.1) is 0 Å². The van der Waals surface area contributed by atoms with E-state index in [9.17, 15) is 9.59 Å². The Morgan fingerprint density at radius 2 is 2.23 bits per heavy atom. The van der Waals surface area contributed by atoms with E-state index in [0.29, 0.717) is 44.2 Å². The van der Waals surface area contributed by atoms with E-state index < -0.39 is 0 Å². The molecule has 146 valence electrons. The molecule has 0 aliphatic carbocycles. The molecule has 2 N–H and O–H groups in total. The molecule has 1 spiro atoms. The van der Waals surface area contributed by atoms with E-state index in [1.165, 1.54) is 6.42 Å². The van der Waals surface area contributed by atoms with E-state index in [2.05, 4.69) is 34.5 Å². The molecule has 0 aromatic heterocycles. The zero-order valence-corrected chi connectivity index (χ0v) is 15.9. The maximum Gasteiger partial charge on any atom is 0.317 e. The standard InChI is InChI=1S/C18H31N5O3/c1-14(2)4-9-22-8-3-5-18(13-22)12-15(21-26-18)16(24)19-6-10-23-11-7-20-17(23)25/h14H,3-13H2,1-2H3,(H,19,24)(H,20,25)/t18-/m1/s1. The maximum absolute atomic E-state index is 12.4. The molecule has 3 heterocycles. The van der Waals surface area contributed by atoms with Crippen LogP contribution in [-0.2, 0) is 9.63 Å². The Labute approximate surface area is 155 Å². The number of oxime groups is 1. The van der Waals surface area contributed by atoms with Crippen molar-refractivity contribution in [2.24, 2.45) is 11.1 Å². The number of hydrogen-bond donors (Lipinski definition) is 2. The SMILES string of the molecule is CC(C)CCN1CCC[C@@]2(CC(C(=O)NCCN3CCNC3=O)=NO2)C1. The number of urea groups is 1. The second kappa shape index (κ2) is 8.24. The Morgan fingerprint density at radius 1 is 1.38 bits per heavy atom. The summed E-state index contributed by atoms with van der Waals surface area (Å²) in [4.78, 5) is 33.8. The molecule has 8 heteroatoms. The zero-order valence-electron chi connectivity index (χ0n) is 15.9. The van der Waals surface area contributed by atoms with Crippen molar-refractivity contribution in [3.63, 3.8) is 0 Å². The van der Waals surface area contributed by atoms with Crippen LogP contribution in [0.4, 0.5) is 4.79 Å². The molecule has 2 saturated heterocycles. The van der Waals surface area contributed by atoms with Gasteiger partial charge in [0.2, 0.25) is 0 Å². The van der Waals surface area contributed by atoms with Crippen LogP contribution in [0.15, 0.2) is 5.16 Å². The summed E-state index contributed by atoms with van der Waals surface area (Å²) in [5.41, 5.74) is 0.137. The second-order valence-electron chi connectivity index (χ2n) is 8.03. The quantitative estimate of drug-likeness (QED) is 0.698. The lowest BCUT2D eigenvalue weighted by molar-refractivity contribution is -0.114. The van der Waals surface area contributed by atoms with Crippen molar-refractivity contribution in [3.05, 3.63) is 0 Å². The summed E-state index contributed by atoms with van der Waals surface area (Å²) < 4.78 is 0. The van der Waals surface area contributed by atoms with Gasteiger partial charge in [-0.3, -0.25) is 9.69 Å². The molecule has 3 aliphatic rings. The van der Waals surface area contributed by atoms with Crippen molar-refractivity contribution in [1.82, 2.24) is 20.4 Å². The van der Waals surface area contributed by atoms with Gasteiger partial charge in [-0.2, -0.15) is 0 Å². The zero-order chi connectivity index (χ0) is 18.6. The normalized spacial score (nSPS) is 26.2. The first kappa shape index (κ1) is 18.9. The molecule has 0 aromatic rings. The largest absolute Gasteiger partial charge is 0.387 e. The summed E-state index contributed by atoms with van der Waals surface area (Å²) in [5.74, 6) is 0.508. The predicted molar refractivity (Wildman–Crippen MR) is 99.0 cm³/mol. The van der Waals surface area contributed by atoms with Gasteiger partial charge in [0.15, 0.2) is 5.60 Å². The van der Waals surface area contributed by atoms with E-state index in [1.807, 2.05) is 0 Å². The fraction of sp³-hybridized carbons (Fsp3) is 0.833. The minimum atomic E-state index is -0.337. The van der Waals surface area contributed by atoms with Crippen molar-refractivity contribution in [1.29, 1.82) is 0 Å². The first-order valence-corrected chi connectivity index (χ1v) is 9.76. The van der Waals surface area contributed by atoms with Gasteiger partial charge in [-0.05, 0) is 38.3 Å². The van der Waals surface area contributed by atoms with Gasteiger partial charge in [-0.15, -0.1) is 0 Å². The number of nitrogens with zero attached hydrogens (tertiary/aromatic N) is 3. The van der Waals surface area contributed by atoms with Crippen LogP contribution in [0.1, 0.15) is 39.5 Å². The molecule has 0 aromatic carbocycles. The Balaban J connectivity index is 1.43. The van der Waals surface area contributed by atoms with E-state index in [0.717, 1.165) is 32.5 Å². The van der Waals surface area contributed by atoms with Gasteiger partial charge >= 0.3 is 6.03 Å². The third-order valence-corrected chi connectivity index (χ3v) is 5.35. The number of likely N-dealkylation sites (tertiary alicyclic amines) is 1. The Morgan fingerprint density at radius 3 is 2.96 bits per heavy atom. The van der Waals surface area contributed by atoms with Crippen LogP contribution in [0.2, 0.25) is 0 Å². The number of amides is 3. The van der Waals surface area contributed by atoms with Crippen molar-refractivity contribution < 1.29 is 14.4 Å². The number of rotatable bonds is 7. The molecule has 8 nitrogen and oxygen atoms in total. The number of nitrogens with one attached hydrogen (secondary N) is 2. The summed E-state index contributed by atoms with van der Waals surface area (Å²) in [6.45, 7) is 9.79. The first-order chi connectivity index (χ1) is 12.5. The second-order valence-corrected chi connectivity index (χ2v) is 8.03. The average Bonchev–Trinajstić information content (AvgIpc) is 3.20. The van der Waals surface area contributed by atoms with Crippen LogP contribution in [0.5, 0.6) is 0 Å². The number of carbonyl (C=O) groups excluding carboxylic acids is 2. The highest BCUT2D eigenvalue weighted by Gasteiger charge is 2.44. The molecule has 3 amide bonds. The van der Waals surface area contributed by atoms with Gasteiger partial charge < -0.3 is 20.4 Å². The molecule has 0 unspecified atom stereocenters. The van der Waals surface area contributed by atoms with Crippen molar-refractivity contribution in [2.45, 2.75) is 45.1 Å². The van der Waals surface area contributed by atoms with Gasteiger partial charge in [-0.25, -0.2) is 4.79 Å². The van der Waals surface area contributed by atoms with Crippen molar-refractivity contribution >= 4 is 17.6 Å². The average molecular weight is 365 g/mol. The lowest BCUT2D eigenvalue weighted by Crippen LogP contribution is -2.49. The smallest absolute Gasteiger partial charge is 0.317 e. The Kier molecular flexibility index (Phi) is 6.01. The van der Waals surface area contributed by atoms with Gasteiger partial charge in [0, 0.05) is 39.1 Å². The van der Waals surface area contributed by atoms with Crippen LogP contribution in [0.3, 0.4) is 0 Å². The van der Waals surface area contributed by atoms with Crippen molar-refractivity contribution in [2.75, 3.05) is 45.8 Å². The van der Waals surface area contributed by atoms with E-state index in [4.69, 9.17) is 4.84 Å². The fourth-order valence-electron chi connectivity index (χ4n) is 3.82. The topological polar surface area (TPSA) is 86.3 Å². The minimum Gasteiger partial charge on any atom is -0.387 e. The summed E-state index contributed by atoms with van der Waals surface area (Å²) in [6, 6.07) is -0.0663. The van der Waals surface area contributed by atoms with E-state index >= 15 is 0 Å². The van der Waals surface area contributed by atoms with Crippen LogP contribution >= 0.6 is 0 Å². The van der Waals surface area contributed by atoms with Gasteiger partial charge in [0.1, 0.15) is 5.71 Å². The summed E-state index contributed by atoms with van der Waals surface area (Å²) >= 11 is 0. The molecular formula is C18H31N5O3. The van der Waals surface area contributed by atoms with Crippen LogP contribution in [0.25, 0.3) is 0 Å². The van der Waals surface area contributed by atoms with Crippen LogP contribution < -0.4 is 10.6 Å². The van der Waals surface area contributed by atoms with Crippen LogP contribution in [-0.4, -0.2) is 78.9 Å². The number of carbonyl (C=O) groups is 2. The van der Waals surface area contributed by atoms with Gasteiger partial charge in [-0.1, -0.05) is 19.0 Å². The molecule has 0 radical (unpaired) electrons. The third-order valence-electron chi connectivity index (χ3n) is 5.35. The molecule has 0 bridgehead atoms. The summed E-state index contributed by atoms with van der Waals surface area (Å²) in [7, 11) is 0. The predicted octanol–water partition coefficient (Wildman–Crippen LogP) is 0.785. The van der Waals surface area contributed by atoms with Crippen molar-refractivity contribution in [3.8, 4) is 0 Å². The minimum absolute atomic E-state index is 0.0663. The highest BCUT2D eigenvalue weighted by molar-refractivity contribution is 6.39. The summed E-state index contributed by atoms with van der Waals surface area (Å²) in [6.07, 6.45) is 3.77. The Hall–Kier alpha value is -1.83. The molecule has 1 atom stereocenters. The first-order valence-electron chi connectivity index (χ1n) is 9.76. The highest BCUT2D eigenvalue weighted by Crippen LogP contribution is 2.33. The Bertz CT molecular complexity index is 565. The van der Waals surface area contributed by atoms with Crippen LogP contribution in [0, 0.1) is 5.92 Å². The molecule has 26 heavy (non-hydrogen) atoms. The molecule has 2 fully saturated rings. The molecule has 3 rings (SSSR count). The van der Waals surface area contributed by atoms with E-state index in [-0.39, 0.29) is 17.5 Å². The molecule has 3 aliphatic heterocycles.